The topological polar surface area (TPSA) is 12.0 Å². The summed E-state index contributed by atoms with van der Waals surface area (Å²) < 4.78 is 27.8. The van der Waals surface area contributed by atoms with Crippen molar-refractivity contribution in [2.45, 2.75) is 24.9 Å². The summed E-state index contributed by atoms with van der Waals surface area (Å²) in [7, 11) is 0. The molecule has 1 N–H and O–H groups in total. The molecule has 1 fully saturated rings. The van der Waals surface area contributed by atoms with E-state index in [1.165, 1.54) is 6.07 Å². The molecule has 1 aliphatic heterocycles. The van der Waals surface area contributed by atoms with Gasteiger partial charge >= 0.3 is 0 Å². The van der Waals surface area contributed by atoms with E-state index in [-0.39, 0.29) is 6.42 Å². The van der Waals surface area contributed by atoms with E-state index in [2.05, 4.69) is 5.32 Å². The molecule has 1 atom stereocenters. The van der Waals surface area contributed by atoms with Crippen molar-refractivity contribution in [1.82, 2.24) is 5.32 Å². The maximum absolute atomic E-state index is 14.3. The summed E-state index contributed by atoms with van der Waals surface area (Å²) in [6.07, 6.45) is 1.40. The van der Waals surface area contributed by atoms with Gasteiger partial charge < -0.3 is 5.32 Å². The molecule has 1 aliphatic rings. The van der Waals surface area contributed by atoms with E-state index in [1.54, 1.807) is 12.1 Å². The van der Waals surface area contributed by atoms with Crippen molar-refractivity contribution < 1.29 is 8.78 Å². The molecular formula is C12H14ClF2N. The summed E-state index contributed by atoms with van der Waals surface area (Å²) in [5, 5.41) is 3.35. The van der Waals surface area contributed by atoms with Gasteiger partial charge in [0.2, 0.25) is 0 Å². The zero-order valence-corrected chi connectivity index (χ0v) is 9.66. The Labute approximate surface area is 98.8 Å². The lowest BCUT2D eigenvalue weighted by Gasteiger charge is -2.30. The van der Waals surface area contributed by atoms with E-state index in [4.69, 9.17) is 11.6 Å². The largest absolute Gasteiger partial charge is 0.314 e. The lowest BCUT2D eigenvalue weighted by atomic mass is 9.89. The molecular weight excluding hydrogens is 232 g/mol. The lowest BCUT2D eigenvalue weighted by molar-refractivity contribution is 0.121. The van der Waals surface area contributed by atoms with Crippen LogP contribution in [0, 0.1) is 5.82 Å². The molecule has 1 saturated heterocycles. The summed E-state index contributed by atoms with van der Waals surface area (Å²) in [6, 6.07) is 4.39. The second-order valence-electron chi connectivity index (χ2n) is 4.34. The number of hydrogen-bond acceptors (Lipinski definition) is 1. The van der Waals surface area contributed by atoms with Crippen molar-refractivity contribution in [3.05, 3.63) is 34.6 Å². The maximum atomic E-state index is 14.3. The van der Waals surface area contributed by atoms with Crippen LogP contribution in [-0.4, -0.2) is 18.8 Å². The second kappa shape index (κ2) is 4.68. The molecule has 2 rings (SSSR count). The van der Waals surface area contributed by atoms with Gasteiger partial charge in [0.25, 0.3) is 0 Å². The van der Waals surface area contributed by atoms with Crippen LogP contribution < -0.4 is 5.32 Å². The van der Waals surface area contributed by atoms with Crippen molar-refractivity contribution >= 4 is 11.6 Å². The standard InChI is InChI=1S/C12H14ClF2N/c13-10-3-2-9(11(14)6-10)7-12(15)4-1-5-16-8-12/h2-3,6,16H,1,4-5,7-8H2. The van der Waals surface area contributed by atoms with E-state index in [0.717, 1.165) is 13.0 Å². The van der Waals surface area contributed by atoms with E-state index < -0.39 is 11.5 Å². The van der Waals surface area contributed by atoms with Crippen LogP contribution in [0.2, 0.25) is 5.02 Å². The normalized spacial score (nSPS) is 25.7. The molecule has 0 saturated carbocycles. The summed E-state index contributed by atoms with van der Waals surface area (Å²) in [5.74, 6) is -0.421. The average Bonchev–Trinajstić information content (AvgIpc) is 2.23. The molecule has 0 spiro atoms. The van der Waals surface area contributed by atoms with Crippen LogP contribution >= 0.6 is 11.6 Å². The Morgan fingerprint density at radius 2 is 2.25 bits per heavy atom. The van der Waals surface area contributed by atoms with E-state index in [9.17, 15) is 8.78 Å². The van der Waals surface area contributed by atoms with Crippen LogP contribution in [0.1, 0.15) is 18.4 Å². The first-order valence-electron chi connectivity index (χ1n) is 5.43. The first-order valence-corrected chi connectivity index (χ1v) is 5.80. The Balaban J connectivity index is 2.13. The monoisotopic (exact) mass is 245 g/mol. The molecule has 16 heavy (non-hydrogen) atoms. The summed E-state index contributed by atoms with van der Waals surface area (Å²) in [4.78, 5) is 0. The molecule has 1 aromatic carbocycles. The highest BCUT2D eigenvalue weighted by molar-refractivity contribution is 6.30. The number of benzene rings is 1. The van der Waals surface area contributed by atoms with Gasteiger partial charge in [-0.25, -0.2) is 8.78 Å². The highest BCUT2D eigenvalue weighted by Gasteiger charge is 2.32. The number of rotatable bonds is 2. The molecule has 1 unspecified atom stereocenters. The number of halogens is 3. The third-order valence-corrected chi connectivity index (χ3v) is 3.18. The number of hydrogen-bond donors (Lipinski definition) is 1. The summed E-state index contributed by atoms with van der Waals surface area (Å²) in [6.45, 7) is 1.14. The van der Waals surface area contributed by atoms with Gasteiger partial charge in [-0.1, -0.05) is 17.7 Å². The van der Waals surface area contributed by atoms with Crippen LogP contribution in [0.25, 0.3) is 0 Å². The van der Waals surface area contributed by atoms with Gasteiger partial charge in [-0.15, -0.1) is 0 Å². The molecule has 0 aliphatic carbocycles. The Morgan fingerprint density at radius 1 is 1.44 bits per heavy atom. The second-order valence-corrected chi connectivity index (χ2v) is 4.78. The predicted octanol–water partition coefficient (Wildman–Crippen LogP) is 3.11. The van der Waals surface area contributed by atoms with Gasteiger partial charge in [0.15, 0.2) is 0 Å². The molecule has 0 radical (unpaired) electrons. The van der Waals surface area contributed by atoms with Gasteiger partial charge in [-0.05, 0) is 37.1 Å². The Hall–Kier alpha value is -0.670. The molecule has 0 amide bonds. The SMILES string of the molecule is Fc1cc(Cl)ccc1CC1(F)CCCNC1. The van der Waals surface area contributed by atoms with Crippen molar-refractivity contribution in [3.63, 3.8) is 0 Å². The quantitative estimate of drug-likeness (QED) is 0.844. The van der Waals surface area contributed by atoms with Gasteiger partial charge in [0.1, 0.15) is 11.5 Å². The Kier molecular flexibility index (Phi) is 3.45. The number of piperidine rings is 1. The highest BCUT2D eigenvalue weighted by atomic mass is 35.5. The first kappa shape index (κ1) is 11.8. The fourth-order valence-corrected chi connectivity index (χ4v) is 2.25. The van der Waals surface area contributed by atoms with E-state index in [0.29, 0.717) is 23.6 Å². The van der Waals surface area contributed by atoms with Gasteiger partial charge in [0, 0.05) is 18.0 Å². The van der Waals surface area contributed by atoms with Crippen LogP contribution in [0.5, 0.6) is 0 Å². The average molecular weight is 246 g/mol. The third kappa shape index (κ3) is 2.71. The van der Waals surface area contributed by atoms with Crippen molar-refractivity contribution in [2.75, 3.05) is 13.1 Å². The predicted molar refractivity (Wildman–Crippen MR) is 61.1 cm³/mol. The third-order valence-electron chi connectivity index (χ3n) is 2.94. The van der Waals surface area contributed by atoms with Crippen LogP contribution in [0.3, 0.4) is 0 Å². The Morgan fingerprint density at radius 3 is 2.88 bits per heavy atom. The number of nitrogens with one attached hydrogen (secondary N) is 1. The zero-order valence-electron chi connectivity index (χ0n) is 8.90. The van der Waals surface area contributed by atoms with E-state index in [1.807, 2.05) is 0 Å². The molecule has 88 valence electrons. The van der Waals surface area contributed by atoms with Gasteiger partial charge in [0.05, 0.1) is 0 Å². The fraction of sp³-hybridized carbons (Fsp3) is 0.500. The lowest BCUT2D eigenvalue weighted by Crippen LogP contribution is -2.43. The van der Waals surface area contributed by atoms with Gasteiger partial charge in [-0.3, -0.25) is 0 Å². The maximum Gasteiger partial charge on any atom is 0.127 e. The van der Waals surface area contributed by atoms with Crippen LogP contribution in [-0.2, 0) is 6.42 Å². The molecule has 0 aromatic heterocycles. The van der Waals surface area contributed by atoms with Crippen LogP contribution in [0.15, 0.2) is 18.2 Å². The minimum atomic E-state index is -1.33. The minimum Gasteiger partial charge on any atom is -0.314 e. The fourth-order valence-electron chi connectivity index (χ4n) is 2.09. The van der Waals surface area contributed by atoms with Crippen molar-refractivity contribution in [3.8, 4) is 0 Å². The molecule has 1 nitrogen and oxygen atoms in total. The molecule has 4 heteroatoms. The molecule has 0 bridgehead atoms. The smallest absolute Gasteiger partial charge is 0.127 e. The highest BCUT2D eigenvalue weighted by Crippen LogP contribution is 2.27. The van der Waals surface area contributed by atoms with Crippen molar-refractivity contribution in [1.29, 1.82) is 0 Å². The zero-order chi connectivity index (χ0) is 11.6. The summed E-state index contributed by atoms with van der Waals surface area (Å²) in [5.41, 5.74) is -0.928. The van der Waals surface area contributed by atoms with Crippen molar-refractivity contribution in [2.24, 2.45) is 0 Å². The molecule has 1 heterocycles. The minimum absolute atomic E-state index is 0.114. The van der Waals surface area contributed by atoms with Gasteiger partial charge in [-0.2, -0.15) is 0 Å². The Bertz CT molecular complexity index is 375. The van der Waals surface area contributed by atoms with E-state index >= 15 is 0 Å². The molecule has 1 aromatic rings. The number of alkyl halides is 1. The van der Waals surface area contributed by atoms with Crippen LogP contribution in [0.4, 0.5) is 8.78 Å². The first-order chi connectivity index (χ1) is 7.59. The summed E-state index contributed by atoms with van der Waals surface area (Å²) >= 11 is 5.65.